The summed E-state index contributed by atoms with van der Waals surface area (Å²) >= 11 is 0. The van der Waals surface area contributed by atoms with Gasteiger partial charge in [0.25, 0.3) is 11.2 Å². The van der Waals surface area contributed by atoms with Crippen LogP contribution in [0.3, 0.4) is 0 Å². The first kappa shape index (κ1) is 21.6. The van der Waals surface area contributed by atoms with E-state index in [2.05, 4.69) is 15.4 Å². The zero-order valence-electron chi connectivity index (χ0n) is 17.5. The van der Waals surface area contributed by atoms with Gasteiger partial charge in [0.05, 0.1) is 17.4 Å². The van der Waals surface area contributed by atoms with Crippen LogP contribution in [0.2, 0.25) is 0 Å². The fraction of sp³-hybridized carbons (Fsp3) is 0.136. The molecule has 2 heterocycles. The third-order valence-electron chi connectivity index (χ3n) is 5.02. The molecule has 0 fully saturated rings. The number of anilines is 1. The van der Waals surface area contributed by atoms with Crippen LogP contribution < -0.4 is 10.9 Å². The van der Waals surface area contributed by atoms with Gasteiger partial charge in [-0.3, -0.25) is 29.1 Å². The minimum atomic E-state index is -0.531. The maximum atomic E-state index is 12.8. The van der Waals surface area contributed by atoms with Crippen LogP contribution in [0.15, 0.2) is 65.8 Å². The van der Waals surface area contributed by atoms with Crippen LogP contribution in [-0.2, 0) is 11.3 Å². The number of nitrogens with one attached hydrogen (secondary N) is 1. The molecule has 4 aromatic rings. The normalized spacial score (nSPS) is 10.8. The molecule has 11 heteroatoms. The second-order valence-corrected chi connectivity index (χ2v) is 7.21. The average Bonchev–Trinajstić information content (AvgIpc) is 3.24. The van der Waals surface area contributed by atoms with E-state index in [4.69, 9.17) is 0 Å². The molecule has 0 bridgehead atoms. The standard InChI is InChI=1S/C22H18N6O5/c1-14(29)15-6-8-16(9-7-15)25-20(30)10-11-26-13-23-21-17(22(26)31)12-24-27(21)18-4-2-3-5-19(18)28(32)33/h2-9,12-13H,10-11H2,1H3,(H,25,30). The van der Waals surface area contributed by atoms with Gasteiger partial charge in [-0.25, -0.2) is 9.67 Å². The highest BCUT2D eigenvalue weighted by Crippen LogP contribution is 2.23. The first-order chi connectivity index (χ1) is 15.8. The molecule has 2 aromatic heterocycles. The molecule has 11 nitrogen and oxygen atoms in total. The summed E-state index contributed by atoms with van der Waals surface area (Å²) in [6, 6.07) is 12.5. The molecule has 0 unspecified atom stereocenters. The summed E-state index contributed by atoms with van der Waals surface area (Å²) in [5.74, 6) is -0.381. The van der Waals surface area contributed by atoms with Gasteiger partial charge in [0, 0.05) is 30.3 Å². The number of fused-ring (bicyclic) bond motifs is 1. The Bertz CT molecular complexity index is 1440. The highest BCUT2D eigenvalue weighted by molar-refractivity contribution is 5.95. The molecule has 0 aliphatic heterocycles. The van der Waals surface area contributed by atoms with Crippen LogP contribution >= 0.6 is 0 Å². The number of rotatable bonds is 7. The Labute approximate surface area is 186 Å². The quantitative estimate of drug-likeness (QED) is 0.261. The Kier molecular flexibility index (Phi) is 5.77. The number of carbonyl (C=O) groups excluding carboxylic acids is 2. The van der Waals surface area contributed by atoms with Gasteiger partial charge in [-0.1, -0.05) is 12.1 Å². The van der Waals surface area contributed by atoms with Gasteiger partial charge in [-0.15, -0.1) is 0 Å². The average molecular weight is 446 g/mol. The second kappa shape index (κ2) is 8.83. The summed E-state index contributed by atoms with van der Waals surface area (Å²) in [5, 5.41) is 18.3. The van der Waals surface area contributed by atoms with Gasteiger partial charge in [0.2, 0.25) is 5.91 Å². The number of amides is 1. The topological polar surface area (TPSA) is 142 Å². The molecule has 0 radical (unpaired) electrons. The molecule has 33 heavy (non-hydrogen) atoms. The zero-order chi connectivity index (χ0) is 23.5. The summed E-state index contributed by atoms with van der Waals surface area (Å²) in [6.07, 6.45) is 2.60. The predicted molar refractivity (Wildman–Crippen MR) is 119 cm³/mol. The smallest absolute Gasteiger partial charge is 0.294 e. The zero-order valence-corrected chi connectivity index (χ0v) is 17.5. The van der Waals surface area contributed by atoms with Crippen molar-refractivity contribution in [1.82, 2.24) is 19.3 Å². The number of ketones is 1. The predicted octanol–water partition coefficient (Wildman–Crippen LogP) is 2.72. The van der Waals surface area contributed by atoms with E-state index in [1.54, 1.807) is 30.3 Å². The molecule has 0 atom stereocenters. The maximum Gasteiger partial charge on any atom is 0.294 e. The number of nitro groups is 1. The van der Waals surface area contributed by atoms with Gasteiger partial charge in [-0.05, 0) is 37.3 Å². The first-order valence-electron chi connectivity index (χ1n) is 9.93. The number of aryl methyl sites for hydroxylation is 1. The van der Waals surface area contributed by atoms with E-state index < -0.39 is 10.5 Å². The number of Topliss-reactive ketones (excluding diaryl/α,β-unsaturated/α-hetero) is 1. The van der Waals surface area contributed by atoms with E-state index in [-0.39, 0.29) is 47.1 Å². The van der Waals surface area contributed by atoms with E-state index >= 15 is 0 Å². The second-order valence-electron chi connectivity index (χ2n) is 7.21. The van der Waals surface area contributed by atoms with Crippen molar-refractivity contribution in [2.45, 2.75) is 19.9 Å². The minimum absolute atomic E-state index is 0.0137. The van der Waals surface area contributed by atoms with Crippen LogP contribution in [0.1, 0.15) is 23.7 Å². The summed E-state index contributed by atoms with van der Waals surface area (Å²) in [7, 11) is 0. The van der Waals surface area contributed by atoms with E-state index in [0.29, 0.717) is 11.3 Å². The summed E-state index contributed by atoms with van der Waals surface area (Å²) in [4.78, 5) is 51.5. The van der Waals surface area contributed by atoms with Gasteiger partial charge in [0.1, 0.15) is 11.1 Å². The number of hydrogen-bond acceptors (Lipinski definition) is 7. The molecule has 4 rings (SSSR count). The lowest BCUT2D eigenvalue weighted by Crippen LogP contribution is -2.23. The maximum absolute atomic E-state index is 12.8. The fourth-order valence-electron chi connectivity index (χ4n) is 3.32. The number of benzene rings is 2. The van der Waals surface area contributed by atoms with Crippen molar-refractivity contribution in [2.24, 2.45) is 0 Å². The SMILES string of the molecule is CC(=O)c1ccc(NC(=O)CCn2cnc3c(cnn3-c3ccccc3[N+](=O)[O-])c2=O)cc1. The molecule has 1 N–H and O–H groups in total. The number of carbonyl (C=O) groups is 2. The van der Waals surface area contributed by atoms with E-state index in [0.717, 1.165) is 0 Å². The lowest BCUT2D eigenvalue weighted by Gasteiger charge is -2.08. The van der Waals surface area contributed by atoms with Crippen LogP contribution in [-0.4, -0.2) is 35.9 Å². The number of nitrogens with zero attached hydrogens (tertiary/aromatic N) is 5. The van der Waals surface area contributed by atoms with E-state index in [1.165, 1.54) is 46.9 Å². The van der Waals surface area contributed by atoms with Crippen LogP contribution in [0.5, 0.6) is 0 Å². The summed E-state index contributed by atoms with van der Waals surface area (Å²) in [6.45, 7) is 1.54. The van der Waals surface area contributed by atoms with Crippen molar-refractivity contribution in [3.05, 3.63) is 87.1 Å². The highest BCUT2D eigenvalue weighted by atomic mass is 16.6. The van der Waals surface area contributed by atoms with Crippen LogP contribution in [0, 0.1) is 10.1 Å². The molecule has 0 aliphatic carbocycles. The third kappa shape index (κ3) is 4.37. The Hall–Kier alpha value is -4.67. The Balaban J connectivity index is 1.51. The van der Waals surface area contributed by atoms with Gasteiger partial charge in [0.15, 0.2) is 11.4 Å². The van der Waals surface area contributed by atoms with Crippen molar-refractivity contribution in [2.75, 3.05) is 5.32 Å². The Morgan fingerprint density at radius 3 is 2.55 bits per heavy atom. The molecule has 0 spiro atoms. The fourth-order valence-corrected chi connectivity index (χ4v) is 3.32. The first-order valence-corrected chi connectivity index (χ1v) is 9.93. The monoisotopic (exact) mass is 446 g/mol. The van der Waals surface area contributed by atoms with Crippen molar-refractivity contribution in [3.8, 4) is 5.69 Å². The van der Waals surface area contributed by atoms with Crippen LogP contribution in [0.25, 0.3) is 16.7 Å². The summed E-state index contributed by atoms with van der Waals surface area (Å²) < 4.78 is 2.53. The lowest BCUT2D eigenvalue weighted by molar-refractivity contribution is -0.384. The molecule has 166 valence electrons. The molecular formula is C22H18N6O5. The van der Waals surface area contributed by atoms with Crippen molar-refractivity contribution in [3.63, 3.8) is 0 Å². The van der Waals surface area contributed by atoms with Crippen molar-refractivity contribution in [1.29, 1.82) is 0 Å². The molecule has 2 aromatic carbocycles. The molecule has 0 aliphatic rings. The summed E-state index contributed by atoms with van der Waals surface area (Å²) in [5.41, 5.74) is 0.875. The highest BCUT2D eigenvalue weighted by Gasteiger charge is 2.19. The van der Waals surface area contributed by atoms with Crippen LogP contribution in [0.4, 0.5) is 11.4 Å². The number of hydrogen-bond donors (Lipinski definition) is 1. The van der Waals surface area contributed by atoms with Crippen molar-refractivity contribution >= 4 is 34.1 Å². The van der Waals surface area contributed by atoms with Gasteiger partial charge in [-0.2, -0.15) is 5.10 Å². The number of nitro benzene ring substituents is 1. The Morgan fingerprint density at radius 2 is 1.85 bits per heavy atom. The minimum Gasteiger partial charge on any atom is -0.326 e. The molecular weight excluding hydrogens is 428 g/mol. The largest absolute Gasteiger partial charge is 0.326 e. The van der Waals surface area contributed by atoms with Crippen molar-refractivity contribution < 1.29 is 14.5 Å². The molecule has 1 amide bonds. The molecule has 0 saturated heterocycles. The van der Waals surface area contributed by atoms with E-state index in [1.807, 2.05) is 0 Å². The van der Waals surface area contributed by atoms with Gasteiger partial charge < -0.3 is 5.32 Å². The lowest BCUT2D eigenvalue weighted by atomic mass is 10.1. The number of para-hydroxylation sites is 2. The van der Waals surface area contributed by atoms with Gasteiger partial charge >= 0.3 is 0 Å². The third-order valence-corrected chi connectivity index (χ3v) is 5.02. The Morgan fingerprint density at radius 1 is 1.12 bits per heavy atom. The van der Waals surface area contributed by atoms with E-state index in [9.17, 15) is 24.5 Å². The number of aromatic nitrogens is 4. The molecule has 0 saturated carbocycles.